The van der Waals surface area contributed by atoms with Gasteiger partial charge in [0.1, 0.15) is 18.3 Å². The van der Waals surface area contributed by atoms with Gasteiger partial charge in [0.2, 0.25) is 17.6 Å². The van der Waals surface area contributed by atoms with Crippen LogP contribution in [-0.4, -0.2) is 82.2 Å². The molecule has 0 spiro atoms. The van der Waals surface area contributed by atoms with Gasteiger partial charge in [-0.3, -0.25) is 29.4 Å². The Hall–Kier alpha value is -4.77. The Morgan fingerprint density at radius 3 is 2.36 bits per heavy atom. The summed E-state index contributed by atoms with van der Waals surface area (Å²) in [5.74, 6) is -0.698. The van der Waals surface area contributed by atoms with Gasteiger partial charge < -0.3 is 19.9 Å². The molecular weight excluding hydrogens is 598 g/mol. The fraction of sp³-hybridized carbons (Fsp3) is 0.417. The summed E-state index contributed by atoms with van der Waals surface area (Å²) in [7, 11) is 0. The highest BCUT2D eigenvalue weighted by atomic mass is 16.6. The lowest BCUT2D eigenvalue weighted by molar-refractivity contribution is -0.385. The maximum absolute atomic E-state index is 14.1. The molecular formula is C36H41N5O6. The second kappa shape index (κ2) is 14.8. The van der Waals surface area contributed by atoms with Gasteiger partial charge in [0.25, 0.3) is 5.91 Å². The normalized spacial score (nSPS) is 20.0. The predicted molar refractivity (Wildman–Crippen MR) is 176 cm³/mol. The summed E-state index contributed by atoms with van der Waals surface area (Å²) in [6.07, 6.45) is 5.73. The van der Waals surface area contributed by atoms with Gasteiger partial charge in [0.15, 0.2) is 0 Å². The Bertz CT molecular complexity index is 1600. The van der Waals surface area contributed by atoms with Crippen LogP contribution in [0.4, 0.5) is 5.69 Å². The highest BCUT2D eigenvalue weighted by Crippen LogP contribution is 2.34. The first kappa shape index (κ1) is 32.2. The van der Waals surface area contributed by atoms with Gasteiger partial charge in [-0.1, -0.05) is 68.1 Å². The van der Waals surface area contributed by atoms with Gasteiger partial charge >= 0.3 is 5.69 Å². The van der Waals surface area contributed by atoms with Gasteiger partial charge in [0, 0.05) is 62.9 Å². The highest BCUT2D eigenvalue weighted by Gasteiger charge is 2.33. The quantitative estimate of drug-likeness (QED) is 0.238. The van der Waals surface area contributed by atoms with Crippen LogP contribution in [0.15, 0.2) is 72.8 Å². The summed E-state index contributed by atoms with van der Waals surface area (Å²) in [6.45, 7) is 3.08. The Kier molecular flexibility index (Phi) is 10.1. The van der Waals surface area contributed by atoms with Crippen molar-refractivity contribution in [2.45, 2.75) is 63.6 Å². The van der Waals surface area contributed by atoms with Crippen molar-refractivity contribution >= 4 is 23.4 Å². The number of nitro benzene ring substituents is 1. The van der Waals surface area contributed by atoms with E-state index in [1.807, 2.05) is 24.3 Å². The van der Waals surface area contributed by atoms with E-state index < -0.39 is 22.8 Å². The van der Waals surface area contributed by atoms with E-state index >= 15 is 0 Å². The summed E-state index contributed by atoms with van der Waals surface area (Å²) in [4.78, 5) is 59.0. The topological polar surface area (TPSA) is 125 Å². The second-order valence-electron chi connectivity index (χ2n) is 12.7. The molecule has 3 amide bonds. The zero-order valence-corrected chi connectivity index (χ0v) is 26.5. The molecule has 0 aromatic heterocycles. The molecule has 6 rings (SSSR count). The van der Waals surface area contributed by atoms with Crippen molar-refractivity contribution in [3.8, 4) is 11.5 Å². The molecule has 11 nitrogen and oxygen atoms in total. The van der Waals surface area contributed by atoms with Crippen LogP contribution >= 0.6 is 0 Å². The number of benzene rings is 3. The molecule has 2 heterocycles. The number of nitrogens with one attached hydrogen (secondary N) is 1. The molecule has 47 heavy (non-hydrogen) atoms. The lowest BCUT2D eigenvalue weighted by atomic mass is 10.0. The van der Waals surface area contributed by atoms with E-state index in [0.717, 1.165) is 50.6 Å². The number of hydrogen-bond acceptors (Lipinski definition) is 7. The van der Waals surface area contributed by atoms with E-state index in [1.165, 1.54) is 23.8 Å². The van der Waals surface area contributed by atoms with E-state index in [9.17, 15) is 24.5 Å². The highest BCUT2D eigenvalue weighted by molar-refractivity contribution is 5.98. The molecule has 1 atom stereocenters. The molecule has 1 N–H and O–H groups in total. The number of carbonyl (C=O) groups is 3. The number of rotatable bonds is 5. The molecule has 1 saturated carbocycles. The molecule has 1 unspecified atom stereocenters. The lowest BCUT2D eigenvalue weighted by Crippen LogP contribution is -2.57. The molecule has 3 aliphatic rings. The van der Waals surface area contributed by atoms with Gasteiger partial charge in [-0.15, -0.1) is 0 Å². The van der Waals surface area contributed by atoms with Crippen LogP contribution in [-0.2, 0) is 22.6 Å². The Morgan fingerprint density at radius 1 is 0.894 bits per heavy atom. The summed E-state index contributed by atoms with van der Waals surface area (Å²) in [5, 5.41) is 14.9. The smallest absolute Gasteiger partial charge is 0.311 e. The molecule has 3 aromatic carbocycles. The first-order valence-electron chi connectivity index (χ1n) is 16.5. The minimum Gasteiger partial charge on any atom is -0.450 e. The van der Waals surface area contributed by atoms with Crippen LogP contribution in [0.2, 0.25) is 0 Å². The number of fused-ring (bicyclic) bond motifs is 4. The molecule has 0 radical (unpaired) electrons. The number of nitro groups is 1. The lowest BCUT2D eigenvalue weighted by Gasteiger charge is -2.37. The standard InChI is InChI=1S/C36H41N5O6/c42-34-25-40(29-12-6-1-2-7-13-29)35(43)28-15-16-32(41(45)46)33(23-28)47-30-14-8-11-27(21-30)22-31(37-34)36(44)39-19-17-38(18-20-39)24-26-9-4-3-5-10-26/h3-5,8-11,14-16,21,23,29,31H,1-2,6-7,12-13,17-20,22,24-25H2,(H,37,42). The van der Waals surface area contributed by atoms with Crippen molar-refractivity contribution in [3.05, 3.63) is 99.6 Å². The molecule has 4 bridgehead atoms. The van der Waals surface area contributed by atoms with Crippen LogP contribution < -0.4 is 10.1 Å². The number of ether oxygens (including phenoxy) is 1. The average Bonchev–Trinajstić information content (AvgIpc) is 3.36. The molecule has 3 aromatic rings. The van der Waals surface area contributed by atoms with E-state index in [2.05, 4.69) is 22.3 Å². The summed E-state index contributed by atoms with van der Waals surface area (Å²) in [6, 6.07) is 20.3. The van der Waals surface area contributed by atoms with Gasteiger partial charge in [-0.25, -0.2) is 0 Å². The van der Waals surface area contributed by atoms with Gasteiger partial charge in [-0.2, -0.15) is 0 Å². The summed E-state index contributed by atoms with van der Waals surface area (Å²) >= 11 is 0. The molecule has 1 saturated heterocycles. The maximum Gasteiger partial charge on any atom is 0.311 e. The predicted octanol–water partition coefficient (Wildman–Crippen LogP) is 4.94. The van der Waals surface area contributed by atoms with Crippen molar-refractivity contribution < 1.29 is 24.0 Å². The maximum atomic E-state index is 14.1. The van der Waals surface area contributed by atoms with Crippen molar-refractivity contribution in [1.82, 2.24) is 20.0 Å². The SMILES string of the molecule is O=C1CN(C2CCCCCC2)C(=O)c2ccc([N+](=O)[O-])c(c2)Oc2cccc(c2)CC(C(=O)N2CCN(Cc3ccccc3)CC2)N1. The third-order valence-corrected chi connectivity index (χ3v) is 9.38. The minimum absolute atomic E-state index is 0.0543. The van der Waals surface area contributed by atoms with E-state index in [0.29, 0.717) is 31.9 Å². The van der Waals surface area contributed by atoms with E-state index in [4.69, 9.17) is 4.74 Å². The van der Waals surface area contributed by atoms with Crippen LogP contribution in [0.3, 0.4) is 0 Å². The zero-order valence-electron chi connectivity index (χ0n) is 26.5. The average molecular weight is 640 g/mol. The number of amides is 3. The first-order chi connectivity index (χ1) is 22.8. The van der Waals surface area contributed by atoms with Crippen LogP contribution in [0, 0.1) is 10.1 Å². The second-order valence-corrected chi connectivity index (χ2v) is 12.7. The number of piperazine rings is 1. The number of hydrogen-bond donors (Lipinski definition) is 1. The first-order valence-corrected chi connectivity index (χ1v) is 16.5. The molecule has 1 aliphatic carbocycles. The monoisotopic (exact) mass is 639 g/mol. The van der Waals surface area contributed by atoms with Crippen LogP contribution in [0.1, 0.15) is 60.0 Å². The fourth-order valence-corrected chi connectivity index (χ4v) is 6.86. The molecule has 11 heteroatoms. The van der Waals surface area contributed by atoms with E-state index in [-0.39, 0.29) is 41.9 Å². The number of nitrogens with zero attached hydrogens (tertiary/aromatic N) is 4. The van der Waals surface area contributed by atoms with Crippen LogP contribution in [0.25, 0.3) is 0 Å². The van der Waals surface area contributed by atoms with E-state index in [1.54, 1.807) is 28.0 Å². The van der Waals surface area contributed by atoms with Gasteiger partial charge in [0.05, 0.1) is 4.92 Å². The third kappa shape index (κ3) is 7.97. The minimum atomic E-state index is -0.861. The van der Waals surface area contributed by atoms with Crippen molar-refractivity contribution in [2.75, 3.05) is 32.7 Å². The Balaban J connectivity index is 1.28. The van der Waals surface area contributed by atoms with Gasteiger partial charge in [-0.05, 0) is 42.2 Å². The van der Waals surface area contributed by atoms with Crippen molar-refractivity contribution in [3.63, 3.8) is 0 Å². The molecule has 246 valence electrons. The fourth-order valence-electron chi connectivity index (χ4n) is 6.86. The Labute approximate surface area is 274 Å². The zero-order chi connectivity index (χ0) is 32.8. The molecule has 2 aliphatic heterocycles. The molecule has 2 fully saturated rings. The van der Waals surface area contributed by atoms with Crippen molar-refractivity contribution in [1.29, 1.82) is 0 Å². The summed E-state index contributed by atoms with van der Waals surface area (Å²) in [5.41, 5.74) is 1.89. The third-order valence-electron chi connectivity index (χ3n) is 9.38. The summed E-state index contributed by atoms with van der Waals surface area (Å²) < 4.78 is 6.04. The van der Waals surface area contributed by atoms with Crippen molar-refractivity contribution in [2.24, 2.45) is 0 Å². The number of carbonyl (C=O) groups excluding carboxylic acids is 3. The largest absolute Gasteiger partial charge is 0.450 e. The Morgan fingerprint density at radius 2 is 1.64 bits per heavy atom. The van der Waals surface area contributed by atoms with Crippen LogP contribution in [0.5, 0.6) is 11.5 Å².